The first kappa shape index (κ1) is 14.0. The largest absolute Gasteiger partial charge is 0.310 e. The first-order valence-electron chi connectivity index (χ1n) is 6.68. The number of hydrogen-bond acceptors (Lipinski definition) is 2. The fourth-order valence-electron chi connectivity index (χ4n) is 2.13. The lowest BCUT2D eigenvalue weighted by molar-refractivity contribution is 0.529. The molecule has 2 rings (SSSR count). The van der Waals surface area contributed by atoms with E-state index < -0.39 is 0 Å². The maximum absolute atomic E-state index is 6.26. The van der Waals surface area contributed by atoms with Crippen LogP contribution < -0.4 is 5.32 Å². The summed E-state index contributed by atoms with van der Waals surface area (Å²) in [6, 6.07) is 12.7. The minimum Gasteiger partial charge on any atom is -0.310 e. The van der Waals surface area contributed by atoms with Gasteiger partial charge in [-0.25, -0.2) is 0 Å². The summed E-state index contributed by atoms with van der Waals surface area (Å²) >= 11 is 6.26. The van der Waals surface area contributed by atoms with Crippen LogP contribution in [-0.4, -0.2) is 11.5 Å². The Balaban J connectivity index is 2.19. The summed E-state index contributed by atoms with van der Waals surface area (Å²) in [5.74, 6) is 0. The van der Waals surface area contributed by atoms with Gasteiger partial charge in [-0.3, -0.25) is 4.98 Å². The minimum absolute atomic E-state index is 0.234. The number of aromatic nitrogens is 1. The predicted molar refractivity (Wildman–Crippen MR) is 80.4 cm³/mol. The van der Waals surface area contributed by atoms with E-state index in [4.69, 9.17) is 11.6 Å². The Morgan fingerprint density at radius 1 is 1.21 bits per heavy atom. The molecule has 19 heavy (non-hydrogen) atoms. The molecule has 0 aliphatic heterocycles. The number of benzene rings is 1. The quantitative estimate of drug-likeness (QED) is 0.861. The molecule has 0 saturated heterocycles. The molecule has 0 spiro atoms. The van der Waals surface area contributed by atoms with Crippen molar-refractivity contribution >= 4 is 11.6 Å². The van der Waals surface area contributed by atoms with Gasteiger partial charge in [0, 0.05) is 18.4 Å². The molecule has 1 aromatic carbocycles. The molecule has 0 fully saturated rings. The van der Waals surface area contributed by atoms with Crippen molar-refractivity contribution in [2.24, 2.45) is 0 Å². The summed E-state index contributed by atoms with van der Waals surface area (Å²) in [6.45, 7) is 3.15. The number of nitrogens with one attached hydrogen (secondary N) is 1. The smallest absolute Gasteiger partial charge is 0.0637 e. The van der Waals surface area contributed by atoms with Gasteiger partial charge >= 0.3 is 0 Å². The third-order valence-electron chi connectivity index (χ3n) is 3.10. The summed E-state index contributed by atoms with van der Waals surface area (Å²) in [7, 11) is 0. The van der Waals surface area contributed by atoms with Gasteiger partial charge in [-0.2, -0.15) is 0 Å². The van der Waals surface area contributed by atoms with Crippen LogP contribution in [0.2, 0.25) is 5.02 Å². The van der Waals surface area contributed by atoms with Crippen LogP contribution in [0.5, 0.6) is 0 Å². The van der Waals surface area contributed by atoms with Gasteiger partial charge in [0.15, 0.2) is 0 Å². The normalized spacial score (nSPS) is 12.3. The van der Waals surface area contributed by atoms with Crippen LogP contribution in [0.4, 0.5) is 0 Å². The Kier molecular flexibility index (Phi) is 5.37. The van der Waals surface area contributed by atoms with E-state index in [1.165, 1.54) is 5.56 Å². The highest BCUT2D eigenvalue weighted by molar-refractivity contribution is 6.31. The monoisotopic (exact) mass is 274 g/mol. The topological polar surface area (TPSA) is 24.9 Å². The number of hydrogen-bond donors (Lipinski definition) is 1. The zero-order valence-electron chi connectivity index (χ0n) is 11.1. The fraction of sp³-hybridized carbons (Fsp3) is 0.312. The second kappa shape index (κ2) is 7.27. The highest BCUT2D eigenvalue weighted by Crippen LogP contribution is 2.24. The van der Waals surface area contributed by atoms with Crippen LogP contribution in [0.15, 0.2) is 48.8 Å². The molecular weight excluding hydrogens is 256 g/mol. The van der Waals surface area contributed by atoms with Gasteiger partial charge in [-0.05, 0) is 36.6 Å². The first-order chi connectivity index (χ1) is 9.31. The molecule has 0 aliphatic rings. The summed E-state index contributed by atoms with van der Waals surface area (Å²) in [5.41, 5.74) is 2.43. The molecule has 0 bridgehead atoms. The maximum atomic E-state index is 6.26. The lowest BCUT2D eigenvalue weighted by atomic mass is 9.99. The molecule has 2 aromatic rings. The number of halogens is 1. The third-order valence-corrected chi connectivity index (χ3v) is 3.42. The third kappa shape index (κ3) is 4.05. The molecule has 0 radical (unpaired) electrons. The first-order valence-corrected chi connectivity index (χ1v) is 7.05. The van der Waals surface area contributed by atoms with Gasteiger partial charge < -0.3 is 5.32 Å². The Labute approximate surface area is 119 Å². The highest BCUT2D eigenvalue weighted by Gasteiger charge is 2.14. The van der Waals surface area contributed by atoms with Crippen LogP contribution in [0.3, 0.4) is 0 Å². The summed E-state index contributed by atoms with van der Waals surface area (Å²) in [6.07, 6.45) is 5.55. The average molecular weight is 275 g/mol. The van der Waals surface area contributed by atoms with Gasteiger partial charge in [0.25, 0.3) is 0 Å². The lowest BCUT2D eigenvalue weighted by Gasteiger charge is -2.20. The van der Waals surface area contributed by atoms with Crippen molar-refractivity contribution in [3.05, 3.63) is 64.9 Å². The van der Waals surface area contributed by atoms with Gasteiger partial charge in [-0.15, -0.1) is 0 Å². The molecule has 1 unspecified atom stereocenters. The Hall–Kier alpha value is -1.38. The van der Waals surface area contributed by atoms with E-state index in [-0.39, 0.29) is 6.04 Å². The van der Waals surface area contributed by atoms with E-state index in [2.05, 4.69) is 41.5 Å². The van der Waals surface area contributed by atoms with E-state index in [1.807, 2.05) is 12.1 Å². The van der Waals surface area contributed by atoms with Gasteiger partial charge in [-0.1, -0.05) is 48.9 Å². The minimum atomic E-state index is 0.234. The molecule has 1 atom stereocenters. The zero-order chi connectivity index (χ0) is 13.5. The molecular formula is C16H19ClN2. The van der Waals surface area contributed by atoms with Gasteiger partial charge in [0.2, 0.25) is 0 Å². The molecule has 2 nitrogen and oxygen atoms in total. The predicted octanol–water partition coefficient (Wildman–Crippen LogP) is 4.02. The molecule has 0 aliphatic carbocycles. The van der Waals surface area contributed by atoms with Crippen molar-refractivity contribution in [1.82, 2.24) is 10.3 Å². The molecule has 0 amide bonds. The number of rotatable bonds is 6. The summed E-state index contributed by atoms with van der Waals surface area (Å²) < 4.78 is 0. The maximum Gasteiger partial charge on any atom is 0.0637 e. The Morgan fingerprint density at radius 3 is 2.68 bits per heavy atom. The van der Waals surface area contributed by atoms with Gasteiger partial charge in [0.1, 0.15) is 0 Å². The fourth-order valence-corrected chi connectivity index (χ4v) is 2.38. The van der Waals surface area contributed by atoms with Crippen molar-refractivity contribution in [2.75, 3.05) is 6.54 Å². The van der Waals surface area contributed by atoms with Crippen molar-refractivity contribution < 1.29 is 0 Å². The van der Waals surface area contributed by atoms with Crippen molar-refractivity contribution in [3.8, 4) is 0 Å². The van der Waals surface area contributed by atoms with Crippen LogP contribution in [0.25, 0.3) is 0 Å². The molecule has 0 saturated carbocycles. The van der Waals surface area contributed by atoms with Crippen molar-refractivity contribution in [1.29, 1.82) is 0 Å². The molecule has 100 valence electrons. The van der Waals surface area contributed by atoms with Crippen LogP contribution >= 0.6 is 11.6 Å². The molecule has 1 aromatic heterocycles. The summed E-state index contributed by atoms with van der Waals surface area (Å²) in [4.78, 5) is 4.05. The second-order valence-corrected chi connectivity index (χ2v) is 5.00. The molecule has 3 heteroatoms. The molecule has 1 N–H and O–H groups in total. The highest BCUT2D eigenvalue weighted by atomic mass is 35.5. The van der Waals surface area contributed by atoms with Gasteiger partial charge in [0.05, 0.1) is 5.02 Å². The van der Waals surface area contributed by atoms with Crippen LogP contribution in [-0.2, 0) is 6.42 Å². The van der Waals surface area contributed by atoms with Crippen LogP contribution in [0, 0.1) is 0 Å². The number of pyridine rings is 1. The average Bonchev–Trinajstić information content (AvgIpc) is 2.45. The van der Waals surface area contributed by atoms with Crippen LogP contribution in [0.1, 0.15) is 30.5 Å². The zero-order valence-corrected chi connectivity index (χ0v) is 11.9. The van der Waals surface area contributed by atoms with E-state index in [0.29, 0.717) is 0 Å². The lowest BCUT2D eigenvalue weighted by Crippen LogP contribution is -2.24. The Morgan fingerprint density at radius 2 is 2.00 bits per heavy atom. The van der Waals surface area contributed by atoms with E-state index in [1.54, 1.807) is 12.4 Å². The number of nitrogens with zero attached hydrogens (tertiary/aromatic N) is 1. The molecule has 1 heterocycles. The Bertz CT molecular complexity index is 499. The SMILES string of the molecule is CCCNC(Cc1ccccc1)c1ccncc1Cl. The van der Waals surface area contributed by atoms with Crippen molar-refractivity contribution in [2.45, 2.75) is 25.8 Å². The van der Waals surface area contributed by atoms with Crippen molar-refractivity contribution in [3.63, 3.8) is 0 Å². The van der Waals surface area contributed by atoms with E-state index in [0.717, 1.165) is 30.0 Å². The second-order valence-electron chi connectivity index (χ2n) is 4.59. The standard InChI is InChI=1S/C16H19ClN2/c1-2-9-19-16(11-13-6-4-3-5-7-13)14-8-10-18-12-15(14)17/h3-8,10,12,16,19H,2,9,11H2,1H3. The van der Waals surface area contributed by atoms with E-state index >= 15 is 0 Å². The summed E-state index contributed by atoms with van der Waals surface area (Å²) in [5, 5.41) is 4.29. The van der Waals surface area contributed by atoms with E-state index in [9.17, 15) is 0 Å².